The Morgan fingerprint density at radius 1 is 1.03 bits per heavy atom. The number of carboxylic acid groups (broad SMARTS) is 1. The van der Waals surface area contributed by atoms with Crippen molar-refractivity contribution in [3.05, 3.63) is 41.5 Å². The standard InChI is InChI=1S/C25H31NO6/c1-25(2,13-6-5-10-21(27)28)15-32-22-17(11-12-20(30-3)23(22)31-4)16-8-7-9-18-19(16)14-26-24(18)29/h7-9,11-12H,5-6,10,13-15H2,1-4H3,(H,26,29)(H,27,28). The number of amides is 1. The topological polar surface area (TPSA) is 94.1 Å². The molecule has 0 bridgehead atoms. The van der Waals surface area contributed by atoms with Gasteiger partial charge >= 0.3 is 5.97 Å². The molecule has 0 saturated carbocycles. The third-order valence-electron chi connectivity index (χ3n) is 5.74. The summed E-state index contributed by atoms with van der Waals surface area (Å²) in [4.78, 5) is 22.9. The number of methoxy groups -OCH3 is 2. The van der Waals surface area contributed by atoms with Crippen molar-refractivity contribution in [2.75, 3.05) is 20.8 Å². The molecule has 7 heteroatoms. The van der Waals surface area contributed by atoms with Crippen LogP contribution in [0.2, 0.25) is 0 Å². The summed E-state index contributed by atoms with van der Waals surface area (Å²) in [6.45, 7) is 5.09. The van der Waals surface area contributed by atoms with Crippen molar-refractivity contribution in [2.45, 2.75) is 46.1 Å². The molecule has 0 atom stereocenters. The van der Waals surface area contributed by atoms with E-state index in [1.165, 1.54) is 0 Å². The highest BCUT2D eigenvalue weighted by molar-refractivity contribution is 6.01. The quantitative estimate of drug-likeness (QED) is 0.493. The van der Waals surface area contributed by atoms with Crippen molar-refractivity contribution >= 4 is 11.9 Å². The van der Waals surface area contributed by atoms with E-state index in [-0.39, 0.29) is 17.7 Å². The van der Waals surface area contributed by atoms with Crippen molar-refractivity contribution in [2.24, 2.45) is 5.41 Å². The zero-order chi connectivity index (χ0) is 23.3. The number of carboxylic acids is 1. The molecule has 1 amide bonds. The number of carbonyl (C=O) groups is 2. The Morgan fingerprint density at radius 3 is 2.47 bits per heavy atom. The van der Waals surface area contributed by atoms with Crippen LogP contribution in [0.5, 0.6) is 17.2 Å². The Balaban J connectivity index is 1.91. The maximum atomic E-state index is 12.2. The van der Waals surface area contributed by atoms with Crippen molar-refractivity contribution in [1.82, 2.24) is 5.32 Å². The minimum Gasteiger partial charge on any atom is -0.493 e. The molecule has 0 unspecified atom stereocenters. The molecule has 2 aromatic rings. The first-order valence-corrected chi connectivity index (χ1v) is 10.8. The molecule has 7 nitrogen and oxygen atoms in total. The number of unbranched alkanes of at least 4 members (excludes halogenated alkanes) is 1. The summed E-state index contributed by atoms with van der Waals surface area (Å²) in [5, 5.41) is 11.7. The van der Waals surface area contributed by atoms with E-state index in [1.807, 2.05) is 30.3 Å². The second kappa shape index (κ2) is 9.94. The van der Waals surface area contributed by atoms with Gasteiger partial charge in [0, 0.05) is 24.1 Å². The Morgan fingerprint density at radius 2 is 1.78 bits per heavy atom. The zero-order valence-corrected chi connectivity index (χ0v) is 19.1. The molecule has 32 heavy (non-hydrogen) atoms. The summed E-state index contributed by atoms with van der Waals surface area (Å²) in [5.74, 6) is 0.785. The predicted octanol–water partition coefficient (Wildman–Crippen LogP) is 4.66. The van der Waals surface area contributed by atoms with Gasteiger partial charge in [0.25, 0.3) is 5.91 Å². The lowest BCUT2D eigenvalue weighted by molar-refractivity contribution is -0.137. The number of hydrogen-bond acceptors (Lipinski definition) is 5. The van der Waals surface area contributed by atoms with Gasteiger partial charge < -0.3 is 24.6 Å². The number of ether oxygens (including phenoxy) is 3. The molecule has 2 N–H and O–H groups in total. The van der Waals surface area contributed by atoms with E-state index < -0.39 is 5.97 Å². The van der Waals surface area contributed by atoms with Gasteiger partial charge in [-0.25, -0.2) is 0 Å². The van der Waals surface area contributed by atoms with Crippen molar-refractivity contribution in [3.8, 4) is 28.4 Å². The number of rotatable bonds is 11. The van der Waals surface area contributed by atoms with E-state index >= 15 is 0 Å². The van der Waals surface area contributed by atoms with Gasteiger partial charge in [-0.05, 0) is 47.6 Å². The Bertz CT molecular complexity index is 998. The van der Waals surface area contributed by atoms with Gasteiger partial charge in [-0.1, -0.05) is 32.4 Å². The summed E-state index contributed by atoms with van der Waals surface area (Å²) < 4.78 is 17.5. The Labute approximate surface area is 188 Å². The van der Waals surface area contributed by atoms with Gasteiger partial charge in [-0.15, -0.1) is 0 Å². The van der Waals surface area contributed by atoms with Crippen LogP contribution in [-0.4, -0.2) is 37.8 Å². The van der Waals surface area contributed by atoms with Gasteiger partial charge in [0.05, 0.1) is 20.8 Å². The van der Waals surface area contributed by atoms with Crippen LogP contribution in [0, 0.1) is 5.41 Å². The lowest BCUT2D eigenvalue weighted by Gasteiger charge is -2.27. The number of nitrogens with one attached hydrogen (secondary N) is 1. The van der Waals surface area contributed by atoms with Gasteiger partial charge in [0.2, 0.25) is 5.75 Å². The molecule has 3 rings (SSSR count). The van der Waals surface area contributed by atoms with Crippen LogP contribution in [-0.2, 0) is 11.3 Å². The number of aliphatic carboxylic acids is 1. The van der Waals surface area contributed by atoms with E-state index in [1.54, 1.807) is 14.2 Å². The maximum absolute atomic E-state index is 12.2. The maximum Gasteiger partial charge on any atom is 0.303 e. The number of fused-ring (bicyclic) bond motifs is 1. The molecule has 1 heterocycles. The first-order valence-electron chi connectivity index (χ1n) is 10.8. The average Bonchev–Trinajstić information content (AvgIpc) is 3.15. The number of hydrogen-bond donors (Lipinski definition) is 2. The normalized spacial score (nSPS) is 12.8. The van der Waals surface area contributed by atoms with Crippen LogP contribution in [0.15, 0.2) is 30.3 Å². The molecule has 172 valence electrons. The summed E-state index contributed by atoms with van der Waals surface area (Å²) in [6.07, 6.45) is 2.46. The van der Waals surface area contributed by atoms with Crippen molar-refractivity contribution < 1.29 is 28.9 Å². The lowest BCUT2D eigenvalue weighted by atomic mass is 9.88. The molecular weight excluding hydrogens is 410 g/mol. The molecule has 0 saturated heterocycles. The van der Waals surface area contributed by atoms with E-state index in [2.05, 4.69) is 19.2 Å². The first-order chi connectivity index (χ1) is 15.3. The molecule has 1 aliphatic heterocycles. The van der Waals surface area contributed by atoms with Gasteiger partial charge in [0.1, 0.15) is 0 Å². The highest BCUT2D eigenvalue weighted by Gasteiger charge is 2.27. The molecular formula is C25H31NO6. The summed E-state index contributed by atoms with van der Waals surface area (Å²) in [7, 11) is 3.16. The van der Waals surface area contributed by atoms with Gasteiger partial charge in [-0.2, -0.15) is 0 Å². The second-order valence-corrected chi connectivity index (χ2v) is 8.75. The van der Waals surface area contributed by atoms with E-state index in [0.29, 0.717) is 42.4 Å². The molecule has 0 fully saturated rings. The van der Waals surface area contributed by atoms with Gasteiger partial charge in [-0.3, -0.25) is 9.59 Å². The lowest BCUT2D eigenvalue weighted by Crippen LogP contribution is -2.22. The number of carbonyl (C=O) groups excluding carboxylic acids is 1. The van der Waals surface area contributed by atoms with E-state index in [0.717, 1.165) is 29.5 Å². The van der Waals surface area contributed by atoms with Crippen molar-refractivity contribution in [3.63, 3.8) is 0 Å². The van der Waals surface area contributed by atoms with E-state index in [9.17, 15) is 9.59 Å². The average molecular weight is 442 g/mol. The summed E-state index contributed by atoms with van der Waals surface area (Å²) in [5.41, 5.74) is 3.18. The minimum atomic E-state index is -0.770. The molecule has 0 radical (unpaired) electrons. The van der Waals surface area contributed by atoms with Crippen LogP contribution in [0.25, 0.3) is 11.1 Å². The first kappa shape index (κ1) is 23.4. The molecule has 2 aromatic carbocycles. The SMILES string of the molecule is COc1ccc(-c2cccc3c2CNC3=O)c(OCC(C)(C)CCCCC(=O)O)c1OC. The van der Waals surface area contributed by atoms with Crippen LogP contribution >= 0.6 is 0 Å². The van der Waals surface area contributed by atoms with Crippen LogP contribution in [0.3, 0.4) is 0 Å². The highest BCUT2D eigenvalue weighted by Crippen LogP contribution is 2.46. The summed E-state index contributed by atoms with van der Waals surface area (Å²) in [6, 6.07) is 9.43. The monoisotopic (exact) mass is 441 g/mol. The minimum absolute atomic E-state index is 0.0766. The zero-order valence-electron chi connectivity index (χ0n) is 19.1. The van der Waals surface area contributed by atoms with Crippen LogP contribution < -0.4 is 19.5 Å². The molecule has 0 spiro atoms. The van der Waals surface area contributed by atoms with E-state index in [4.69, 9.17) is 19.3 Å². The smallest absolute Gasteiger partial charge is 0.303 e. The Kier molecular flexibility index (Phi) is 7.28. The van der Waals surface area contributed by atoms with Crippen molar-refractivity contribution in [1.29, 1.82) is 0 Å². The fourth-order valence-corrected chi connectivity index (χ4v) is 3.98. The highest BCUT2D eigenvalue weighted by atomic mass is 16.5. The second-order valence-electron chi connectivity index (χ2n) is 8.75. The fourth-order valence-electron chi connectivity index (χ4n) is 3.98. The molecule has 0 aliphatic carbocycles. The predicted molar refractivity (Wildman–Crippen MR) is 122 cm³/mol. The molecule has 1 aliphatic rings. The Hall–Kier alpha value is -3.22. The largest absolute Gasteiger partial charge is 0.493 e. The summed E-state index contributed by atoms with van der Waals surface area (Å²) >= 11 is 0. The number of benzene rings is 2. The third-order valence-corrected chi connectivity index (χ3v) is 5.74. The molecule has 0 aromatic heterocycles. The van der Waals surface area contributed by atoms with Crippen LogP contribution in [0.4, 0.5) is 0 Å². The van der Waals surface area contributed by atoms with Gasteiger partial charge in [0.15, 0.2) is 11.5 Å². The third kappa shape index (κ3) is 5.15. The fraction of sp³-hybridized carbons (Fsp3) is 0.440. The van der Waals surface area contributed by atoms with Crippen LogP contribution in [0.1, 0.15) is 55.5 Å².